The third-order valence-corrected chi connectivity index (χ3v) is 5.76. The predicted molar refractivity (Wildman–Crippen MR) is 106 cm³/mol. The summed E-state index contributed by atoms with van der Waals surface area (Å²) in [6, 6.07) is 9.78. The van der Waals surface area contributed by atoms with E-state index in [9.17, 15) is 22.8 Å². The van der Waals surface area contributed by atoms with Gasteiger partial charge in [-0.3, -0.25) is 19.6 Å². The highest BCUT2D eigenvalue weighted by Gasteiger charge is 2.36. The van der Waals surface area contributed by atoms with Crippen LogP contribution in [0, 0.1) is 6.92 Å². The summed E-state index contributed by atoms with van der Waals surface area (Å²) in [6.45, 7) is 2.99. The van der Waals surface area contributed by atoms with E-state index in [2.05, 4.69) is 20.6 Å². The second kappa shape index (κ2) is 8.10. The quantitative estimate of drug-likeness (QED) is 0.645. The molecule has 3 aromatic rings. The topological polar surface area (TPSA) is 93.0 Å². The van der Waals surface area contributed by atoms with Crippen LogP contribution in [-0.4, -0.2) is 49.8 Å². The first-order valence-electron chi connectivity index (χ1n) is 9.36. The zero-order valence-corrected chi connectivity index (χ0v) is 17.1. The first kappa shape index (κ1) is 21.0. The van der Waals surface area contributed by atoms with Gasteiger partial charge in [0.15, 0.2) is 5.69 Å². The van der Waals surface area contributed by atoms with Crippen molar-refractivity contribution in [1.82, 2.24) is 24.9 Å². The summed E-state index contributed by atoms with van der Waals surface area (Å²) in [6.07, 6.45) is -3.94. The molecule has 0 bridgehead atoms. The molecule has 3 heterocycles. The van der Waals surface area contributed by atoms with E-state index >= 15 is 0 Å². The fourth-order valence-corrected chi connectivity index (χ4v) is 3.94. The normalized spacial score (nSPS) is 13.9. The third kappa shape index (κ3) is 4.29. The summed E-state index contributed by atoms with van der Waals surface area (Å²) in [5.41, 5.74) is 1.75. The van der Waals surface area contributed by atoms with Gasteiger partial charge in [-0.15, -0.1) is 10.2 Å². The van der Waals surface area contributed by atoms with Crippen molar-refractivity contribution < 1.29 is 22.8 Å². The molecule has 0 aliphatic carbocycles. The minimum absolute atomic E-state index is 0.0305. The smallest absolute Gasteiger partial charge is 0.335 e. The number of rotatable bonds is 5. The molecule has 1 aliphatic heterocycles. The van der Waals surface area contributed by atoms with Gasteiger partial charge in [0.2, 0.25) is 10.1 Å². The molecule has 2 aromatic heterocycles. The van der Waals surface area contributed by atoms with Crippen LogP contribution in [0.2, 0.25) is 0 Å². The van der Waals surface area contributed by atoms with Crippen molar-refractivity contribution in [3.63, 3.8) is 0 Å². The number of nitrogens with one attached hydrogen (secondary N) is 1. The van der Waals surface area contributed by atoms with Crippen LogP contribution in [0.1, 0.15) is 37.1 Å². The number of amides is 2. The van der Waals surface area contributed by atoms with Crippen molar-refractivity contribution in [2.75, 3.05) is 18.4 Å². The van der Waals surface area contributed by atoms with Crippen LogP contribution in [0.5, 0.6) is 0 Å². The molecule has 1 aliphatic rings. The van der Waals surface area contributed by atoms with Crippen LogP contribution in [0.25, 0.3) is 0 Å². The monoisotopic (exact) mass is 450 g/mol. The first-order valence-corrected chi connectivity index (χ1v) is 10.2. The predicted octanol–water partition coefficient (Wildman–Crippen LogP) is 3.01. The van der Waals surface area contributed by atoms with Crippen LogP contribution in [0.3, 0.4) is 0 Å². The van der Waals surface area contributed by atoms with E-state index in [-0.39, 0.29) is 28.1 Å². The number of benzene rings is 1. The molecular formula is C19H17F3N6O2S. The lowest BCUT2D eigenvalue weighted by Crippen LogP contribution is -2.41. The van der Waals surface area contributed by atoms with Crippen molar-refractivity contribution in [1.29, 1.82) is 0 Å². The van der Waals surface area contributed by atoms with E-state index < -0.39 is 17.1 Å². The van der Waals surface area contributed by atoms with Gasteiger partial charge in [-0.05, 0) is 18.9 Å². The van der Waals surface area contributed by atoms with Gasteiger partial charge >= 0.3 is 6.18 Å². The maximum atomic E-state index is 13.0. The highest BCUT2D eigenvalue weighted by atomic mass is 32.1. The molecule has 162 valence electrons. The summed E-state index contributed by atoms with van der Waals surface area (Å²) >= 11 is 0.220. The lowest BCUT2D eigenvalue weighted by Gasteiger charge is -2.28. The van der Waals surface area contributed by atoms with Gasteiger partial charge in [0.25, 0.3) is 11.8 Å². The highest BCUT2D eigenvalue weighted by Crippen LogP contribution is 2.33. The number of aromatic nitrogens is 4. The summed E-state index contributed by atoms with van der Waals surface area (Å²) in [7, 11) is 0. The Morgan fingerprint density at radius 3 is 2.61 bits per heavy atom. The summed E-state index contributed by atoms with van der Waals surface area (Å²) in [5, 5.41) is 11.4. The van der Waals surface area contributed by atoms with Crippen LogP contribution < -0.4 is 5.32 Å². The van der Waals surface area contributed by atoms with Gasteiger partial charge < -0.3 is 4.90 Å². The average Bonchev–Trinajstić information content (AvgIpc) is 3.33. The van der Waals surface area contributed by atoms with Crippen molar-refractivity contribution in [3.05, 3.63) is 57.9 Å². The minimum Gasteiger partial charge on any atom is -0.335 e. The number of nitrogens with zero attached hydrogens (tertiary/aromatic N) is 5. The van der Waals surface area contributed by atoms with Crippen molar-refractivity contribution >= 4 is 28.3 Å². The molecule has 0 saturated heterocycles. The van der Waals surface area contributed by atoms with Gasteiger partial charge in [-0.1, -0.05) is 41.7 Å². The zero-order chi connectivity index (χ0) is 22.2. The number of hydrogen-bond donors (Lipinski definition) is 1. The van der Waals surface area contributed by atoms with Gasteiger partial charge in [-0.25, -0.2) is 0 Å². The summed E-state index contributed by atoms with van der Waals surface area (Å²) in [4.78, 5) is 27.2. The molecule has 0 unspecified atom stereocenters. The minimum atomic E-state index is -4.64. The van der Waals surface area contributed by atoms with E-state index in [4.69, 9.17) is 0 Å². The zero-order valence-electron chi connectivity index (χ0n) is 16.3. The average molecular weight is 450 g/mol. The van der Waals surface area contributed by atoms with Crippen LogP contribution in [-0.2, 0) is 19.1 Å². The Kier molecular flexibility index (Phi) is 5.48. The number of anilines is 1. The molecule has 4 rings (SSSR count). The Labute approximate surface area is 178 Å². The fraction of sp³-hybridized carbons (Fsp3) is 0.316. The molecule has 1 N–H and O–H groups in total. The van der Waals surface area contributed by atoms with E-state index in [1.165, 1.54) is 4.68 Å². The second-order valence-electron chi connectivity index (χ2n) is 6.94. The van der Waals surface area contributed by atoms with Crippen LogP contribution in [0.4, 0.5) is 18.3 Å². The number of alkyl halides is 3. The van der Waals surface area contributed by atoms with Gasteiger partial charge in [-0.2, -0.15) is 18.3 Å². The van der Waals surface area contributed by atoms with Gasteiger partial charge in [0, 0.05) is 18.7 Å². The Morgan fingerprint density at radius 1 is 1.19 bits per heavy atom. The molecular weight excluding hydrogens is 433 g/mol. The van der Waals surface area contributed by atoms with E-state index in [1.807, 2.05) is 30.3 Å². The van der Waals surface area contributed by atoms with Crippen molar-refractivity contribution in [2.45, 2.75) is 26.1 Å². The highest BCUT2D eigenvalue weighted by molar-refractivity contribution is 7.15. The second-order valence-corrected chi connectivity index (χ2v) is 7.91. The van der Waals surface area contributed by atoms with Crippen LogP contribution >= 0.6 is 11.3 Å². The number of hydrogen-bond acceptors (Lipinski definition) is 6. The Balaban J connectivity index is 1.48. The van der Waals surface area contributed by atoms with Gasteiger partial charge in [0.05, 0.1) is 6.54 Å². The SMILES string of the molecule is Cc1c(C(=O)Nc2nnc(C(F)(F)F)s2)nn2c1C(=O)N(CCc1ccccc1)CC2. The standard InChI is InChI=1S/C19H17F3N6O2S/c1-11-13(15(29)23-18-25-24-17(31-18)19(20,21)22)26-28-10-9-27(16(30)14(11)28)8-7-12-5-3-2-4-6-12/h2-6H,7-10H2,1H3,(H,23,25,29). The first-order chi connectivity index (χ1) is 14.7. The summed E-state index contributed by atoms with van der Waals surface area (Å²) < 4.78 is 39.5. The molecule has 0 atom stereocenters. The van der Waals surface area contributed by atoms with Crippen molar-refractivity contribution in [2.24, 2.45) is 0 Å². The maximum absolute atomic E-state index is 13.0. The molecule has 12 heteroatoms. The molecule has 0 saturated carbocycles. The Hall–Kier alpha value is -3.28. The lowest BCUT2D eigenvalue weighted by atomic mass is 10.1. The Morgan fingerprint density at radius 2 is 1.94 bits per heavy atom. The lowest BCUT2D eigenvalue weighted by molar-refractivity contribution is -0.138. The number of carbonyl (C=O) groups is 2. The third-order valence-electron chi connectivity index (χ3n) is 4.88. The molecule has 0 fully saturated rings. The molecule has 8 nitrogen and oxygen atoms in total. The molecule has 0 spiro atoms. The van der Waals surface area contributed by atoms with E-state index in [0.29, 0.717) is 37.3 Å². The van der Waals surface area contributed by atoms with Crippen LogP contribution in [0.15, 0.2) is 30.3 Å². The maximum Gasteiger partial charge on any atom is 0.445 e. The summed E-state index contributed by atoms with van der Waals surface area (Å²) in [5.74, 6) is -0.977. The van der Waals surface area contributed by atoms with E-state index in [0.717, 1.165) is 5.56 Å². The number of fused-ring (bicyclic) bond motifs is 1. The number of carbonyl (C=O) groups excluding carboxylic acids is 2. The Bertz CT molecular complexity index is 1130. The fourth-order valence-electron chi connectivity index (χ4n) is 3.33. The van der Waals surface area contributed by atoms with Gasteiger partial charge in [0.1, 0.15) is 5.69 Å². The van der Waals surface area contributed by atoms with Crippen molar-refractivity contribution in [3.8, 4) is 0 Å². The molecule has 31 heavy (non-hydrogen) atoms. The van der Waals surface area contributed by atoms with E-state index in [1.54, 1.807) is 11.8 Å². The number of halogens is 3. The largest absolute Gasteiger partial charge is 0.445 e. The molecule has 1 aromatic carbocycles. The molecule has 0 radical (unpaired) electrons. The molecule has 2 amide bonds.